The highest BCUT2D eigenvalue weighted by Gasteiger charge is 2.49. The molecular formula is C23H26O9S. The smallest absolute Gasteiger partial charge is 0.309 e. The Bertz CT molecular complexity index is 1190. The monoisotopic (exact) mass is 478 g/mol. The molecule has 1 saturated heterocycles. The summed E-state index contributed by atoms with van der Waals surface area (Å²) in [6, 6.07) is 7.26. The normalized spacial score (nSPS) is 21.6. The van der Waals surface area contributed by atoms with Crippen molar-refractivity contribution < 1.29 is 41.1 Å². The highest BCUT2D eigenvalue weighted by molar-refractivity contribution is 7.87. The summed E-state index contributed by atoms with van der Waals surface area (Å²) in [7, 11) is 2.78. The lowest BCUT2D eigenvalue weighted by Crippen LogP contribution is -2.32. The maximum Gasteiger partial charge on any atom is 0.309 e. The molecule has 2 aromatic rings. The van der Waals surface area contributed by atoms with Crippen molar-refractivity contribution in [2.75, 3.05) is 42.2 Å². The summed E-state index contributed by atoms with van der Waals surface area (Å²) < 4.78 is 58.1. The second-order valence-electron chi connectivity index (χ2n) is 7.83. The zero-order chi connectivity index (χ0) is 23.9. The first kappa shape index (κ1) is 23.2. The molecule has 0 N–H and O–H groups in total. The van der Waals surface area contributed by atoms with E-state index in [4.69, 9.17) is 27.9 Å². The van der Waals surface area contributed by atoms with Crippen LogP contribution in [0.4, 0.5) is 0 Å². The number of rotatable bonds is 7. The van der Waals surface area contributed by atoms with Crippen molar-refractivity contribution in [3.05, 3.63) is 41.0 Å². The Kier molecular flexibility index (Phi) is 6.15. The van der Waals surface area contributed by atoms with Crippen molar-refractivity contribution >= 4 is 16.1 Å². The van der Waals surface area contributed by atoms with E-state index in [1.54, 1.807) is 26.4 Å². The van der Waals surface area contributed by atoms with E-state index in [1.807, 2.05) is 12.1 Å². The largest absolute Gasteiger partial charge is 0.493 e. The van der Waals surface area contributed by atoms with Gasteiger partial charge in [0.1, 0.15) is 4.90 Å². The second-order valence-corrected chi connectivity index (χ2v) is 9.48. The summed E-state index contributed by atoms with van der Waals surface area (Å²) in [5.74, 6) is -0.0622. The number of hydrogen-bond donors (Lipinski definition) is 0. The van der Waals surface area contributed by atoms with E-state index in [1.165, 1.54) is 14.2 Å². The van der Waals surface area contributed by atoms with Crippen LogP contribution in [0.25, 0.3) is 0 Å². The lowest BCUT2D eigenvalue weighted by Gasteiger charge is -2.35. The molecule has 0 saturated carbocycles. The minimum Gasteiger partial charge on any atom is -0.493 e. The van der Waals surface area contributed by atoms with Crippen molar-refractivity contribution in [2.24, 2.45) is 11.8 Å². The van der Waals surface area contributed by atoms with Crippen LogP contribution in [-0.4, -0.2) is 56.5 Å². The van der Waals surface area contributed by atoms with E-state index < -0.39 is 16.0 Å². The van der Waals surface area contributed by atoms with Gasteiger partial charge in [0, 0.05) is 11.8 Å². The quantitative estimate of drug-likeness (QED) is 0.438. The van der Waals surface area contributed by atoms with Gasteiger partial charge in [0.2, 0.25) is 0 Å². The van der Waals surface area contributed by atoms with Gasteiger partial charge in [-0.1, -0.05) is 6.07 Å². The molecule has 2 aromatic carbocycles. The summed E-state index contributed by atoms with van der Waals surface area (Å²) in [4.78, 5) is 12.5. The summed E-state index contributed by atoms with van der Waals surface area (Å²) >= 11 is 0. The third-order valence-corrected chi connectivity index (χ3v) is 7.79. The standard InChI is InChI=1S/C23H26O9S/c1-27-17-7-6-12(8-18(17)28-2)20-13-10-19(29-3)21(30-4)22(33(25,26)31-5)14(13)9-15-16(20)11-32-23(15)24/h6-8,10,15-16,20H,9,11H2,1-5H3. The average Bonchev–Trinajstić information content (AvgIpc) is 3.20. The number of carbonyl (C=O) groups is 1. The lowest BCUT2D eigenvalue weighted by molar-refractivity contribution is -0.141. The molecule has 0 aromatic heterocycles. The molecule has 0 bridgehead atoms. The van der Waals surface area contributed by atoms with Crippen LogP contribution >= 0.6 is 0 Å². The van der Waals surface area contributed by atoms with Gasteiger partial charge in [0.25, 0.3) is 0 Å². The van der Waals surface area contributed by atoms with Gasteiger partial charge in [-0.2, -0.15) is 8.42 Å². The molecule has 0 spiro atoms. The van der Waals surface area contributed by atoms with Crippen molar-refractivity contribution in [1.82, 2.24) is 0 Å². The number of methoxy groups -OCH3 is 4. The number of fused-ring (bicyclic) bond motifs is 2. The van der Waals surface area contributed by atoms with E-state index in [0.717, 1.165) is 12.7 Å². The minimum absolute atomic E-state index is 0.0361. The molecular weight excluding hydrogens is 452 g/mol. The Morgan fingerprint density at radius 2 is 1.61 bits per heavy atom. The molecule has 2 aliphatic rings. The summed E-state index contributed by atoms with van der Waals surface area (Å²) in [6.07, 6.45) is 0.181. The molecule has 1 aliphatic heterocycles. The molecule has 4 rings (SSSR count). The van der Waals surface area contributed by atoms with E-state index in [0.29, 0.717) is 22.6 Å². The molecule has 1 aliphatic carbocycles. The van der Waals surface area contributed by atoms with Gasteiger partial charge in [-0.25, -0.2) is 0 Å². The molecule has 1 fully saturated rings. The maximum atomic E-state index is 13.0. The van der Waals surface area contributed by atoms with Gasteiger partial charge in [-0.3, -0.25) is 8.98 Å². The predicted molar refractivity (Wildman–Crippen MR) is 117 cm³/mol. The van der Waals surface area contributed by atoms with Crippen molar-refractivity contribution in [3.8, 4) is 23.0 Å². The number of esters is 1. The van der Waals surface area contributed by atoms with Gasteiger partial charge in [-0.05, 0) is 41.3 Å². The molecule has 9 nitrogen and oxygen atoms in total. The van der Waals surface area contributed by atoms with Crippen LogP contribution in [0.15, 0.2) is 29.2 Å². The number of cyclic esters (lactones) is 1. The van der Waals surface area contributed by atoms with Crippen LogP contribution in [0, 0.1) is 11.8 Å². The average molecular weight is 479 g/mol. The van der Waals surface area contributed by atoms with Crippen molar-refractivity contribution in [1.29, 1.82) is 0 Å². The first-order valence-corrected chi connectivity index (χ1v) is 11.7. The SMILES string of the molecule is COc1ccc(C2c3cc(OC)c(OC)c(S(=O)(=O)OC)c3CC3C(=O)OCC32)cc1OC. The number of benzene rings is 2. The van der Waals surface area contributed by atoms with Gasteiger partial charge in [0.15, 0.2) is 23.0 Å². The molecule has 1 heterocycles. The maximum absolute atomic E-state index is 13.0. The Labute approximate surface area is 192 Å². The van der Waals surface area contributed by atoms with Crippen LogP contribution in [0.3, 0.4) is 0 Å². The Hall–Kier alpha value is -2.98. The van der Waals surface area contributed by atoms with E-state index in [9.17, 15) is 13.2 Å². The van der Waals surface area contributed by atoms with Crippen molar-refractivity contribution in [2.45, 2.75) is 17.2 Å². The number of hydrogen-bond acceptors (Lipinski definition) is 9. The predicted octanol–water partition coefficient (Wildman–Crippen LogP) is 2.53. The molecule has 3 atom stereocenters. The topological polar surface area (TPSA) is 107 Å². The van der Waals surface area contributed by atoms with Gasteiger partial charge in [0.05, 0.1) is 48.1 Å². The van der Waals surface area contributed by atoms with E-state index in [-0.39, 0.29) is 47.2 Å². The third kappa shape index (κ3) is 3.67. The lowest BCUT2D eigenvalue weighted by atomic mass is 9.67. The van der Waals surface area contributed by atoms with Gasteiger partial charge >= 0.3 is 16.1 Å². The first-order valence-electron chi connectivity index (χ1n) is 10.3. The first-order chi connectivity index (χ1) is 15.8. The van der Waals surface area contributed by atoms with Gasteiger partial charge < -0.3 is 23.7 Å². The third-order valence-electron chi connectivity index (χ3n) is 6.42. The van der Waals surface area contributed by atoms with Crippen molar-refractivity contribution in [3.63, 3.8) is 0 Å². The van der Waals surface area contributed by atoms with Gasteiger partial charge in [-0.15, -0.1) is 0 Å². The van der Waals surface area contributed by atoms with Crippen LogP contribution in [-0.2, 0) is 30.3 Å². The van der Waals surface area contributed by atoms with Crippen LogP contribution in [0.2, 0.25) is 0 Å². The molecule has 178 valence electrons. The van der Waals surface area contributed by atoms with E-state index in [2.05, 4.69) is 0 Å². The Morgan fingerprint density at radius 3 is 2.21 bits per heavy atom. The number of carbonyl (C=O) groups excluding carboxylic acids is 1. The minimum atomic E-state index is -4.19. The summed E-state index contributed by atoms with van der Waals surface area (Å²) in [5, 5.41) is 0. The summed E-state index contributed by atoms with van der Waals surface area (Å²) in [6.45, 7) is 0.225. The van der Waals surface area contributed by atoms with Crippen LogP contribution in [0.5, 0.6) is 23.0 Å². The number of ether oxygens (including phenoxy) is 5. The zero-order valence-electron chi connectivity index (χ0n) is 19.0. The molecule has 0 radical (unpaired) electrons. The van der Waals surface area contributed by atoms with Crippen LogP contribution < -0.4 is 18.9 Å². The fraction of sp³-hybridized carbons (Fsp3) is 0.435. The van der Waals surface area contributed by atoms with Crippen LogP contribution in [0.1, 0.15) is 22.6 Å². The van der Waals surface area contributed by atoms with E-state index >= 15 is 0 Å². The molecule has 33 heavy (non-hydrogen) atoms. The molecule has 0 amide bonds. The fourth-order valence-corrected chi connectivity index (χ4v) is 6.00. The fourth-order valence-electron chi connectivity index (χ4n) is 4.92. The highest BCUT2D eigenvalue weighted by atomic mass is 32.2. The Morgan fingerprint density at radius 1 is 0.909 bits per heavy atom. The Balaban J connectivity index is 2.04. The molecule has 10 heteroatoms. The zero-order valence-corrected chi connectivity index (χ0v) is 19.9. The molecule has 3 unspecified atom stereocenters. The second kappa shape index (κ2) is 8.75. The highest BCUT2D eigenvalue weighted by Crippen LogP contribution is 2.53. The summed E-state index contributed by atoms with van der Waals surface area (Å²) in [5.41, 5.74) is 1.99.